The Kier molecular flexibility index (Phi) is 6.58. The number of rotatable bonds is 8. The average molecular weight is 478 g/mol. The van der Waals surface area contributed by atoms with Crippen molar-refractivity contribution in [1.82, 2.24) is 19.9 Å². The number of aromatic nitrogens is 4. The summed E-state index contributed by atoms with van der Waals surface area (Å²) in [6, 6.07) is 11.2. The first kappa shape index (κ1) is 23.6. The van der Waals surface area contributed by atoms with Gasteiger partial charge in [0.2, 0.25) is 17.6 Å². The largest absolute Gasteiger partial charge is 0.493 e. The van der Waals surface area contributed by atoms with Crippen LogP contribution in [0.15, 0.2) is 42.6 Å². The minimum atomic E-state index is -0.0424. The molecule has 0 amide bonds. The second kappa shape index (κ2) is 9.75. The Bertz CT molecular complexity index is 1320. The Morgan fingerprint density at radius 3 is 2.11 bits per heavy atom. The lowest BCUT2D eigenvalue weighted by Gasteiger charge is -2.25. The van der Waals surface area contributed by atoms with E-state index in [1.807, 2.05) is 43.1 Å². The van der Waals surface area contributed by atoms with Gasteiger partial charge in [-0.05, 0) is 24.6 Å². The van der Waals surface area contributed by atoms with Gasteiger partial charge in [-0.15, -0.1) is 0 Å². The number of nitrogens with zero attached hydrogens (tertiary/aromatic N) is 5. The maximum Gasteiger partial charge on any atom is 0.227 e. The summed E-state index contributed by atoms with van der Waals surface area (Å²) in [5.74, 6) is 3.54. The number of ether oxygens (including phenoxy) is 4. The van der Waals surface area contributed by atoms with Crippen LogP contribution in [0.4, 0.5) is 17.7 Å². The second-order valence-corrected chi connectivity index (χ2v) is 7.69. The first-order valence-corrected chi connectivity index (χ1v) is 10.7. The third-order valence-corrected chi connectivity index (χ3v) is 5.62. The molecule has 0 fully saturated rings. The van der Waals surface area contributed by atoms with Crippen LogP contribution >= 0.6 is 0 Å². The number of nitrogens with two attached hydrogens (primary N) is 2. The number of hydrogen-bond donors (Lipinski definition) is 2. The van der Waals surface area contributed by atoms with Crippen molar-refractivity contribution >= 4 is 28.7 Å². The summed E-state index contributed by atoms with van der Waals surface area (Å²) in [4.78, 5) is 19.0. The highest BCUT2D eigenvalue weighted by atomic mass is 16.5. The summed E-state index contributed by atoms with van der Waals surface area (Å²) < 4.78 is 22.2. The van der Waals surface area contributed by atoms with E-state index >= 15 is 0 Å². The molecule has 0 saturated carbocycles. The number of fused-ring (bicyclic) bond motifs is 1. The van der Waals surface area contributed by atoms with Crippen LogP contribution in [-0.4, -0.2) is 48.3 Å². The minimum Gasteiger partial charge on any atom is -0.493 e. The lowest BCUT2D eigenvalue weighted by atomic mass is 10.1. The molecular formula is C24H27N7O4. The first-order chi connectivity index (χ1) is 16.8. The maximum absolute atomic E-state index is 6.02. The Morgan fingerprint density at radius 1 is 0.857 bits per heavy atom. The molecule has 0 aliphatic carbocycles. The molecule has 1 atom stereocenters. The van der Waals surface area contributed by atoms with Gasteiger partial charge in [0.05, 0.1) is 32.8 Å². The van der Waals surface area contributed by atoms with Crippen LogP contribution in [0.1, 0.15) is 18.5 Å². The van der Waals surface area contributed by atoms with E-state index in [0.717, 1.165) is 5.56 Å². The summed E-state index contributed by atoms with van der Waals surface area (Å²) in [7, 11) is 6.58. The molecule has 0 radical (unpaired) electrons. The molecule has 2 heterocycles. The zero-order valence-electron chi connectivity index (χ0n) is 20.1. The zero-order chi connectivity index (χ0) is 25.1. The number of methoxy groups -OCH3 is 3. The molecule has 2 aromatic heterocycles. The number of anilines is 3. The van der Waals surface area contributed by atoms with Gasteiger partial charge in [-0.1, -0.05) is 12.1 Å². The molecule has 0 saturated heterocycles. The van der Waals surface area contributed by atoms with Crippen molar-refractivity contribution in [3.8, 4) is 28.7 Å². The summed E-state index contributed by atoms with van der Waals surface area (Å²) in [6.07, 6.45) is 1.60. The zero-order valence-corrected chi connectivity index (χ0v) is 20.1. The second-order valence-electron chi connectivity index (χ2n) is 7.69. The average Bonchev–Trinajstić information content (AvgIpc) is 2.87. The van der Waals surface area contributed by atoms with Crippen LogP contribution in [0.2, 0.25) is 0 Å². The highest BCUT2D eigenvalue weighted by Gasteiger charge is 2.18. The monoisotopic (exact) mass is 477 g/mol. The van der Waals surface area contributed by atoms with E-state index in [9.17, 15) is 0 Å². The fraction of sp³-hybridized carbons (Fsp3) is 0.250. The van der Waals surface area contributed by atoms with Gasteiger partial charge in [0.15, 0.2) is 17.1 Å². The Morgan fingerprint density at radius 2 is 1.51 bits per heavy atom. The van der Waals surface area contributed by atoms with Crippen molar-refractivity contribution in [2.45, 2.75) is 13.0 Å². The predicted octanol–water partition coefficient (Wildman–Crippen LogP) is 3.60. The molecule has 0 spiro atoms. The van der Waals surface area contributed by atoms with E-state index in [4.69, 9.17) is 30.4 Å². The minimum absolute atomic E-state index is 0.0424. The van der Waals surface area contributed by atoms with Crippen LogP contribution in [0.25, 0.3) is 11.0 Å². The lowest BCUT2D eigenvalue weighted by Crippen LogP contribution is -2.23. The standard InChI is InChI=1S/C24H27N7O4/c1-13(31(2)24-27-12-17-21(25)28-23(26)29-22(17)30-24)14-6-8-15(9-7-14)35-16-10-18(32-3)20(34-5)19(11-16)33-4/h6-13H,1-5H3,(H4,25,26,27,28,29,30). The van der Waals surface area contributed by atoms with Gasteiger partial charge in [0.25, 0.3) is 0 Å². The van der Waals surface area contributed by atoms with Crippen LogP contribution in [-0.2, 0) is 0 Å². The summed E-state index contributed by atoms with van der Waals surface area (Å²) in [5, 5.41) is 0.553. The maximum atomic E-state index is 6.02. The third-order valence-electron chi connectivity index (χ3n) is 5.62. The van der Waals surface area contributed by atoms with Crippen molar-refractivity contribution in [2.24, 2.45) is 0 Å². The van der Waals surface area contributed by atoms with Crippen molar-refractivity contribution in [2.75, 3.05) is 44.7 Å². The van der Waals surface area contributed by atoms with Crippen LogP contribution in [0, 0.1) is 0 Å². The third kappa shape index (κ3) is 4.74. The molecule has 0 bridgehead atoms. The van der Waals surface area contributed by atoms with Gasteiger partial charge < -0.3 is 35.3 Å². The normalized spacial score (nSPS) is 11.7. The molecule has 0 aliphatic rings. The molecule has 35 heavy (non-hydrogen) atoms. The molecular weight excluding hydrogens is 450 g/mol. The Balaban J connectivity index is 1.53. The van der Waals surface area contributed by atoms with Gasteiger partial charge in [0, 0.05) is 25.4 Å². The predicted molar refractivity (Wildman–Crippen MR) is 133 cm³/mol. The summed E-state index contributed by atoms with van der Waals surface area (Å²) in [6.45, 7) is 2.05. The smallest absolute Gasteiger partial charge is 0.227 e. The highest BCUT2D eigenvalue weighted by Crippen LogP contribution is 2.42. The highest BCUT2D eigenvalue weighted by molar-refractivity contribution is 5.85. The first-order valence-electron chi connectivity index (χ1n) is 10.7. The van der Waals surface area contributed by atoms with E-state index in [0.29, 0.717) is 45.7 Å². The van der Waals surface area contributed by atoms with Crippen LogP contribution in [0.5, 0.6) is 28.7 Å². The van der Waals surface area contributed by atoms with E-state index < -0.39 is 0 Å². The van der Waals surface area contributed by atoms with Gasteiger partial charge in [-0.2, -0.15) is 15.0 Å². The Hall–Kier alpha value is -4.54. The molecule has 4 aromatic rings. The topological polar surface area (TPSA) is 144 Å². The fourth-order valence-corrected chi connectivity index (χ4v) is 3.58. The number of hydrogen-bond acceptors (Lipinski definition) is 11. The van der Waals surface area contributed by atoms with Gasteiger partial charge in [-0.3, -0.25) is 0 Å². The molecule has 182 valence electrons. The van der Waals surface area contributed by atoms with Gasteiger partial charge >= 0.3 is 0 Å². The van der Waals surface area contributed by atoms with Crippen molar-refractivity contribution in [1.29, 1.82) is 0 Å². The quantitative estimate of drug-likeness (QED) is 0.384. The van der Waals surface area contributed by atoms with E-state index in [1.165, 1.54) is 0 Å². The van der Waals surface area contributed by atoms with E-state index in [1.54, 1.807) is 39.7 Å². The molecule has 2 aromatic carbocycles. The van der Waals surface area contributed by atoms with Crippen molar-refractivity contribution in [3.05, 3.63) is 48.2 Å². The van der Waals surface area contributed by atoms with Gasteiger partial charge in [-0.25, -0.2) is 4.98 Å². The van der Waals surface area contributed by atoms with E-state index in [2.05, 4.69) is 19.9 Å². The number of benzene rings is 2. The van der Waals surface area contributed by atoms with Gasteiger partial charge in [0.1, 0.15) is 17.3 Å². The molecule has 4 N–H and O–H groups in total. The summed E-state index contributed by atoms with van der Waals surface area (Å²) >= 11 is 0. The lowest BCUT2D eigenvalue weighted by molar-refractivity contribution is 0.321. The molecule has 1 unspecified atom stereocenters. The van der Waals surface area contributed by atoms with Crippen LogP contribution in [0.3, 0.4) is 0 Å². The Labute approximate surface area is 202 Å². The van der Waals surface area contributed by atoms with Crippen LogP contribution < -0.4 is 35.3 Å². The fourth-order valence-electron chi connectivity index (χ4n) is 3.58. The molecule has 11 nitrogen and oxygen atoms in total. The summed E-state index contributed by atoms with van der Waals surface area (Å²) in [5.41, 5.74) is 13.0. The SMILES string of the molecule is COc1cc(Oc2ccc(C(C)N(C)c3ncc4c(N)nc(N)nc4n3)cc2)cc(OC)c1OC. The van der Waals surface area contributed by atoms with E-state index in [-0.39, 0.29) is 17.8 Å². The molecule has 4 rings (SSSR count). The molecule has 11 heteroatoms. The van der Waals surface area contributed by atoms with Crippen molar-refractivity contribution < 1.29 is 18.9 Å². The van der Waals surface area contributed by atoms with Crippen molar-refractivity contribution in [3.63, 3.8) is 0 Å². The number of nitrogen functional groups attached to an aromatic ring is 2. The molecule has 0 aliphatic heterocycles.